The van der Waals surface area contributed by atoms with Crippen LogP contribution in [0.2, 0.25) is 0 Å². The largest absolute Gasteiger partial charge is 0.378 e. The number of hydrogen-bond acceptors (Lipinski definition) is 3. The van der Waals surface area contributed by atoms with E-state index in [2.05, 4.69) is 10.3 Å². The lowest BCUT2D eigenvalue weighted by atomic mass is 10.1. The molecule has 25 heavy (non-hydrogen) atoms. The highest BCUT2D eigenvalue weighted by atomic mass is 19.1. The number of nitrogens with one attached hydrogen (secondary N) is 1. The van der Waals surface area contributed by atoms with Gasteiger partial charge in [-0.15, -0.1) is 0 Å². The average molecular weight is 338 g/mol. The third kappa shape index (κ3) is 3.52. The highest BCUT2D eigenvalue weighted by Crippen LogP contribution is 2.27. The number of nitrogens with zero attached hydrogens (tertiary/aromatic N) is 3. The Morgan fingerprint density at radius 2 is 1.88 bits per heavy atom. The summed E-state index contributed by atoms with van der Waals surface area (Å²) in [6, 6.07) is 13.4. The minimum absolute atomic E-state index is 0.226. The molecule has 0 aliphatic heterocycles. The summed E-state index contributed by atoms with van der Waals surface area (Å²) in [6.07, 6.45) is 1.62. The van der Waals surface area contributed by atoms with E-state index in [1.54, 1.807) is 36.1 Å². The van der Waals surface area contributed by atoms with Crippen LogP contribution in [0.3, 0.4) is 0 Å². The van der Waals surface area contributed by atoms with Crippen LogP contribution in [0.15, 0.2) is 54.9 Å². The first-order valence-corrected chi connectivity index (χ1v) is 7.81. The van der Waals surface area contributed by atoms with Crippen molar-refractivity contribution in [2.45, 2.75) is 0 Å². The summed E-state index contributed by atoms with van der Waals surface area (Å²) in [7, 11) is 5.64. The molecule has 1 amide bonds. The van der Waals surface area contributed by atoms with Crippen molar-refractivity contribution in [3.8, 4) is 11.3 Å². The van der Waals surface area contributed by atoms with Crippen molar-refractivity contribution in [2.75, 3.05) is 24.3 Å². The van der Waals surface area contributed by atoms with E-state index in [0.717, 1.165) is 11.3 Å². The summed E-state index contributed by atoms with van der Waals surface area (Å²) in [5.74, 6) is 0.0216. The van der Waals surface area contributed by atoms with E-state index in [4.69, 9.17) is 0 Å². The molecule has 1 heterocycles. The zero-order valence-electron chi connectivity index (χ0n) is 14.3. The van der Waals surface area contributed by atoms with Gasteiger partial charge in [-0.2, -0.15) is 0 Å². The van der Waals surface area contributed by atoms with Gasteiger partial charge in [-0.25, -0.2) is 9.37 Å². The minimum Gasteiger partial charge on any atom is -0.378 e. The van der Waals surface area contributed by atoms with Crippen LogP contribution in [0.25, 0.3) is 11.3 Å². The maximum absolute atomic E-state index is 13.1. The van der Waals surface area contributed by atoms with Crippen molar-refractivity contribution in [3.63, 3.8) is 0 Å². The summed E-state index contributed by atoms with van der Waals surface area (Å²) in [4.78, 5) is 18.9. The smallest absolute Gasteiger partial charge is 0.256 e. The third-order valence-electron chi connectivity index (χ3n) is 3.91. The molecule has 0 radical (unpaired) electrons. The van der Waals surface area contributed by atoms with Crippen LogP contribution in [0.4, 0.5) is 15.9 Å². The van der Waals surface area contributed by atoms with E-state index in [9.17, 15) is 9.18 Å². The number of halogens is 1. The zero-order chi connectivity index (χ0) is 18.0. The Balaban J connectivity index is 1.90. The number of carbonyl (C=O) groups is 1. The lowest BCUT2D eigenvalue weighted by Crippen LogP contribution is -2.16. The number of aryl methyl sites for hydroxylation is 1. The van der Waals surface area contributed by atoms with Crippen LogP contribution >= 0.6 is 0 Å². The van der Waals surface area contributed by atoms with Crippen molar-refractivity contribution in [2.24, 2.45) is 7.05 Å². The maximum Gasteiger partial charge on any atom is 0.256 e. The van der Waals surface area contributed by atoms with Crippen LogP contribution in [0.1, 0.15) is 10.4 Å². The van der Waals surface area contributed by atoms with Crippen molar-refractivity contribution in [1.29, 1.82) is 0 Å². The number of benzene rings is 2. The van der Waals surface area contributed by atoms with Crippen molar-refractivity contribution < 1.29 is 9.18 Å². The van der Waals surface area contributed by atoms with E-state index in [1.165, 1.54) is 12.1 Å². The molecule has 1 N–H and O–H groups in total. The minimum atomic E-state index is -0.314. The fourth-order valence-corrected chi connectivity index (χ4v) is 2.50. The molecule has 1 aromatic heterocycles. The maximum atomic E-state index is 13.1. The Kier molecular flexibility index (Phi) is 4.52. The first-order valence-electron chi connectivity index (χ1n) is 7.81. The third-order valence-corrected chi connectivity index (χ3v) is 3.91. The Morgan fingerprint density at radius 3 is 2.56 bits per heavy atom. The molecule has 0 aliphatic carbocycles. The predicted molar refractivity (Wildman–Crippen MR) is 97.3 cm³/mol. The lowest BCUT2D eigenvalue weighted by molar-refractivity contribution is 0.102. The molecule has 3 aromatic rings. The lowest BCUT2D eigenvalue weighted by Gasteiger charge is -2.14. The summed E-state index contributed by atoms with van der Waals surface area (Å²) >= 11 is 0. The van der Waals surface area contributed by atoms with Crippen LogP contribution in [0.5, 0.6) is 0 Å². The second kappa shape index (κ2) is 6.76. The SMILES string of the molecule is CN(C)c1cccc(C(=O)Nc2c(-c3ccc(F)cc3)ncn2C)c1. The molecular formula is C19H19FN4O. The number of amides is 1. The quantitative estimate of drug-likeness (QED) is 0.791. The second-order valence-electron chi connectivity index (χ2n) is 5.96. The van der Waals surface area contributed by atoms with E-state index in [1.807, 2.05) is 37.2 Å². The van der Waals surface area contributed by atoms with Gasteiger partial charge in [0.05, 0.1) is 6.33 Å². The summed E-state index contributed by atoms with van der Waals surface area (Å²) in [5.41, 5.74) is 2.83. The Labute approximate surface area is 145 Å². The van der Waals surface area contributed by atoms with E-state index in [-0.39, 0.29) is 11.7 Å². The summed E-state index contributed by atoms with van der Waals surface area (Å²) in [6.45, 7) is 0. The first-order chi connectivity index (χ1) is 12.0. The average Bonchev–Trinajstić information content (AvgIpc) is 2.96. The first kappa shape index (κ1) is 16.7. The van der Waals surface area contributed by atoms with Gasteiger partial charge in [-0.05, 0) is 42.5 Å². The molecule has 0 saturated heterocycles. The molecule has 0 bridgehead atoms. The monoisotopic (exact) mass is 338 g/mol. The van der Waals surface area contributed by atoms with E-state index < -0.39 is 0 Å². The van der Waals surface area contributed by atoms with Gasteiger partial charge in [-0.3, -0.25) is 4.79 Å². The van der Waals surface area contributed by atoms with Gasteiger partial charge in [0, 0.05) is 38.0 Å². The molecule has 6 heteroatoms. The van der Waals surface area contributed by atoms with Gasteiger partial charge in [0.25, 0.3) is 5.91 Å². The van der Waals surface area contributed by atoms with Gasteiger partial charge >= 0.3 is 0 Å². The molecule has 3 rings (SSSR count). The Bertz CT molecular complexity index is 900. The number of aromatic nitrogens is 2. The number of hydrogen-bond donors (Lipinski definition) is 1. The highest BCUT2D eigenvalue weighted by Gasteiger charge is 2.15. The fraction of sp³-hybridized carbons (Fsp3) is 0.158. The van der Waals surface area contributed by atoms with Gasteiger partial charge in [0.1, 0.15) is 17.3 Å². The summed E-state index contributed by atoms with van der Waals surface area (Å²) < 4.78 is 14.9. The van der Waals surface area contributed by atoms with Gasteiger partial charge in [-0.1, -0.05) is 6.07 Å². The van der Waals surface area contributed by atoms with Gasteiger partial charge in [0.2, 0.25) is 0 Å². The molecular weight excluding hydrogens is 319 g/mol. The molecule has 0 atom stereocenters. The molecule has 0 spiro atoms. The van der Waals surface area contributed by atoms with E-state index in [0.29, 0.717) is 17.1 Å². The Morgan fingerprint density at radius 1 is 1.16 bits per heavy atom. The van der Waals surface area contributed by atoms with Crippen molar-refractivity contribution in [3.05, 3.63) is 66.2 Å². The van der Waals surface area contributed by atoms with Crippen LogP contribution in [-0.2, 0) is 7.05 Å². The highest BCUT2D eigenvalue weighted by molar-refractivity contribution is 6.05. The number of carbonyl (C=O) groups excluding carboxylic acids is 1. The number of anilines is 2. The number of rotatable bonds is 4. The Hall–Kier alpha value is -3.15. The molecule has 0 saturated carbocycles. The predicted octanol–water partition coefficient (Wildman–Crippen LogP) is 3.54. The molecule has 0 aliphatic rings. The fourth-order valence-electron chi connectivity index (χ4n) is 2.50. The normalized spacial score (nSPS) is 10.6. The summed E-state index contributed by atoms with van der Waals surface area (Å²) in [5, 5.41) is 2.90. The van der Waals surface area contributed by atoms with E-state index >= 15 is 0 Å². The second-order valence-corrected chi connectivity index (χ2v) is 5.96. The van der Waals surface area contributed by atoms with Crippen molar-refractivity contribution >= 4 is 17.4 Å². The topological polar surface area (TPSA) is 50.2 Å². The van der Waals surface area contributed by atoms with Crippen LogP contribution < -0.4 is 10.2 Å². The zero-order valence-corrected chi connectivity index (χ0v) is 14.3. The van der Waals surface area contributed by atoms with Gasteiger partial charge in [0.15, 0.2) is 0 Å². The molecule has 128 valence electrons. The van der Waals surface area contributed by atoms with Gasteiger partial charge < -0.3 is 14.8 Å². The van der Waals surface area contributed by atoms with Crippen LogP contribution in [-0.4, -0.2) is 29.6 Å². The molecule has 0 unspecified atom stereocenters. The van der Waals surface area contributed by atoms with Crippen LogP contribution in [0, 0.1) is 5.82 Å². The molecule has 0 fully saturated rings. The number of imidazole rings is 1. The molecule has 2 aromatic carbocycles. The standard InChI is InChI=1S/C19H19FN4O/c1-23(2)16-6-4-5-14(11-16)19(25)22-18-17(21-12-24(18)3)13-7-9-15(20)10-8-13/h4-12H,1-3H3,(H,22,25). The molecule has 5 nitrogen and oxygen atoms in total. The van der Waals surface area contributed by atoms with Crippen molar-refractivity contribution in [1.82, 2.24) is 9.55 Å².